The van der Waals surface area contributed by atoms with Crippen molar-refractivity contribution in [2.24, 2.45) is 0 Å². The van der Waals surface area contributed by atoms with Crippen molar-refractivity contribution >= 4 is 15.9 Å². The van der Waals surface area contributed by atoms with Crippen molar-refractivity contribution in [3.8, 4) is 0 Å². The van der Waals surface area contributed by atoms with Crippen LogP contribution in [0.5, 0.6) is 0 Å². The maximum atomic E-state index is 12.0. The largest absolute Gasteiger partial charge is 0.314 e. The Morgan fingerprint density at radius 2 is 2.22 bits per heavy atom. The van der Waals surface area contributed by atoms with E-state index < -0.39 is 0 Å². The Bertz CT molecular complexity index is 469. The smallest absolute Gasteiger partial charge is 0.253 e. The predicted molar refractivity (Wildman–Crippen MR) is 78.0 cm³/mol. The zero-order valence-corrected chi connectivity index (χ0v) is 12.7. The molecule has 1 fully saturated rings. The highest BCUT2D eigenvalue weighted by Gasteiger charge is 2.18. The number of rotatable bonds is 3. The van der Waals surface area contributed by atoms with E-state index in [1.807, 2.05) is 23.8 Å². The lowest BCUT2D eigenvalue weighted by Gasteiger charge is -2.32. The molecule has 0 bridgehead atoms. The molecule has 18 heavy (non-hydrogen) atoms. The Balaban J connectivity index is 2.04. The van der Waals surface area contributed by atoms with Crippen molar-refractivity contribution in [1.82, 2.24) is 9.47 Å². The molecule has 1 unspecified atom stereocenters. The van der Waals surface area contributed by atoms with E-state index in [0.29, 0.717) is 6.04 Å². The third-order valence-corrected chi connectivity index (χ3v) is 4.29. The highest BCUT2D eigenvalue weighted by molar-refractivity contribution is 9.10. The fourth-order valence-electron chi connectivity index (χ4n) is 2.70. The summed E-state index contributed by atoms with van der Waals surface area (Å²) in [5, 5.41) is 0. The second-order valence-corrected chi connectivity index (χ2v) is 6.17. The van der Waals surface area contributed by atoms with E-state index >= 15 is 0 Å². The highest BCUT2D eigenvalue weighted by Crippen LogP contribution is 2.18. The molecule has 0 radical (unpaired) electrons. The third kappa shape index (κ3) is 3.23. The molecule has 0 saturated carbocycles. The van der Waals surface area contributed by atoms with Crippen LogP contribution in [0.2, 0.25) is 0 Å². The van der Waals surface area contributed by atoms with Gasteiger partial charge in [-0.3, -0.25) is 4.79 Å². The number of aromatic nitrogens is 1. The average molecular weight is 313 g/mol. The minimum absolute atomic E-state index is 0.136. The third-order valence-electron chi connectivity index (χ3n) is 3.86. The number of piperidine rings is 1. The molecule has 3 nitrogen and oxygen atoms in total. The van der Waals surface area contributed by atoms with Crippen molar-refractivity contribution in [2.45, 2.75) is 45.2 Å². The standard InChI is InChI=1S/C14H21BrN2O/c1-11-9-12(15)10-17(14(11)18)8-6-13-5-3-4-7-16(13)2/h9-10,13H,3-8H2,1-2H3. The van der Waals surface area contributed by atoms with Gasteiger partial charge >= 0.3 is 0 Å². The molecular formula is C14H21BrN2O. The summed E-state index contributed by atoms with van der Waals surface area (Å²) in [5.74, 6) is 0. The van der Waals surface area contributed by atoms with E-state index in [1.165, 1.54) is 25.8 Å². The summed E-state index contributed by atoms with van der Waals surface area (Å²) in [6.07, 6.45) is 6.85. The Labute approximate surface area is 117 Å². The van der Waals surface area contributed by atoms with Crippen molar-refractivity contribution in [2.75, 3.05) is 13.6 Å². The number of nitrogens with zero attached hydrogens (tertiary/aromatic N) is 2. The van der Waals surface area contributed by atoms with Crippen molar-refractivity contribution in [3.05, 3.63) is 32.7 Å². The summed E-state index contributed by atoms with van der Waals surface area (Å²) in [5.41, 5.74) is 0.943. The van der Waals surface area contributed by atoms with Crippen LogP contribution in [0.4, 0.5) is 0 Å². The number of hydrogen-bond donors (Lipinski definition) is 0. The van der Waals surface area contributed by atoms with Gasteiger partial charge in [0.2, 0.25) is 0 Å². The summed E-state index contributed by atoms with van der Waals surface area (Å²) >= 11 is 3.45. The van der Waals surface area contributed by atoms with Gasteiger partial charge in [-0.15, -0.1) is 0 Å². The molecule has 1 aromatic heterocycles. The van der Waals surface area contributed by atoms with Gasteiger partial charge in [-0.05, 0) is 61.8 Å². The van der Waals surface area contributed by atoms with Gasteiger partial charge in [0.15, 0.2) is 0 Å². The monoisotopic (exact) mass is 312 g/mol. The fraction of sp³-hybridized carbons (Fsp3) is 0.643. The first-order valence-corrected chi connectivity index (χ1v) is 7.44. The molecule has 0 spiro atoms. The Morgan fingerprint density at radius 3 is 2.94 bits per heavy atom. The number of pyridine rings is 1. The van der Waals surface area contributed by atoms with Crippen LogP contribution in [0.25, 0.3) is 0 Å². The Kier molecular flexibility index (Phi) is 4.62. The van der Waals surface area contributed by atoms with Gasteiger partial charge in [0.05, 0.1) is 0 Å². The van der Waals surface area contributed by atoms with Crippen LogP contribution in [0, 0.1) is 6.92 Å². The number of aryl methyl sites for hydroxylation is 2. The molecule has 0 aliphatic carbocycles. The molecule has 0 N–H and O–H groups in total. The summed E-state index contributed by atoms with van der Waals surface area (Å²) in [6, 6.07) is 2.51. The van der Waals surface area contributed by atoms with Gasteiger partial charge in [0, 0.05) is 28.8 Å². The van der Waals surface area contributed by atoms with E-state index in [2.05, 4.69) is 27.9 Å². The second-order valence-electron chi connectivity index (χ2n) is 5.26. The molecular weight excluding hydrogens is 292 g/mol. The summed E-state index contributed by atoms with van der Waals surface area (Å²) in [6.45, 7) is 3.88. The molecule has 1 aliphatic heterocycles. The van der Waals surface area contributed by atoms with Crippen LogP contribution in [0.3, 0.4) is 0 Å². The van der Waals surface area contributed by atoms with Crippen molar-refractivity contribution < 1.29 is 0 Å². The van der Waals surface area contributed by atoms with E-state index in [0.717, 1.165) is 23.0 Å². The maximum Gasteiger partial charge on any atom is 0.253 e. The van der Waals surface area contributed by atoms with E-state index in [1.54, 1.807) is 0 Å². The van der Waals surface area contributed by atoms with Crippen LogP contribution in [-0.2, 0) is 6.54 Å². The van der Waals surface area contributed by atoms with Gasteiger partial charge in [-0.25, -0.2) is 0 Å². The summed E-state index contributed by atoms with van der Waals surface area (Å²) < 4.78 is 2.82. The van der Waals surface area contributed by atoms with Crippen molar-refractivity contribution in [3.63, 3.8) is 0 Å². The minimum Gasteiger partial charge on any atom is -0.314 e. The van der Waals surface area contributed by atoms with Gasteiger partial charge in [-0.1, -0.05) is 6.42 Å². The molecule has 0 aromatic carbocycles. The number of likely N-dealkylation sites (tertiary alicyclic amines) is 1. The van der Waals surface area contributed by atoms with Crippen LogP contribution in [0.1, 0.15) is 31.2 Å². The summed E-state index contributed by atoms with van der Waals surface area (Å²) in [7, 11) is 2.19. The van der Waals surface area contributed by atoms with Crippen LogP contribution in [0.15, 0.2) is 21.5 Å². The normalized spacial score (nSPS) is 21.2. The lowest BCUT2D eigenvalue weighted by molar-refractivity contribution is 0.170. The zero-order valence-electron chi connectivity index (χ0n) is 11.2. The zero-order chi connectivity index (χ0) is 13.1. The van der Waals surface area contributed by atoms with Gasteiger partial charge in [-0.2, -0.15) is 0 Å². The molecule has 1 aromatic rings. The lowest BCUT2D eigenvalue weighted by Crippen LogP contribution is -2.37. The number of halogens is 1. The van der Waals surface area contributed by atoms with E-state index in [4.69, 9.17) is 0 Å². The molecule has 2 rings (SSSR count). The predicted octanol–water partition coefficient (Wildman–Crippen LogP) is 2.79. The van der Waals surface area contributed by atoms with Crippen LogP contribution < -0.4 is 5.56 Å². The van der Waals surface area contributed by atoms with Crippen molar-refractivity contribution in [1.29, 1.82) is 0 Å². The van der Waals surface area contributed by atoms with Gasteiger partial charge < -0.3 is 9.47 Å². The quantitative estimate of drug-likeness (QED) is 0.857. The van der Waals surface area contributed by atoms with E-state index in [-0.39, 0.29) is 5.56 Å². The van der Waals surface area contributed by atoms with Gasteiger partial charge in [0.1, 0.15) is 0 Å². The first-order chi connectivity index (χ1) is 8.58. The maximum absolute atomic E-state index is 12.0. The molecule has 4 heteroatoms. The molecule has 2 heterocycles. The van der Waals surface area contributed by atoms with Crippen LogP contribution >= 0.6 is 15.9 Å². The molecule has 100 valence electrons. The highest BCUT2D eigenvalue weighted by atomic mass is 79.9. The Morgan fingerprint density at radius 1 is 1.44 bits per heavy atom. The summed E-state index contributed by atoms with van der Waals surface area (Å²) in [4.78, 5) is 14.4. The van der Waals surface area contributed by atoms with Crippen LogP contribution in [-0.4, -0.2) is 29.1 Å². The molecule has 1 aliphatic rings. The topological polar surface area (TPSA) is 25.2 Å². The first-order valence-electron chi connectivity index (χ1n) is 6.65. The Hall–Kier alpha value is -0.610. The SMILES string of the molecule is Cc1cc(Br)cn(CCC2CCCCN2C)c1=O. The van der Waals surface area contributed by atoms with E-state index in [9.17, 15) is 4.79 Å². The average Bonchev–Trinajstić information content (AvgIpc) is 2.33. The molecule has 1 atom stereocenters. The second kappa shape index (κ2) is 6.02. The fourth-order valence-corrected chi connectivity index (χ4v) is 3.29. The lowest BCUT2D eigenvalue weighted by atomic mass is 10.0. The number of hydrogen-bond acceptors (Lipinski definition) is 2. The molecule has 1 saturated heterocycles. The van der Waals surface area contributed by atoms with Gasteiger partial charge in [0.25, 0.3) is 5.56 Å². The minimum atomic E-state index is 0.136. The molecule has 0 amide bonds. The first kappa shape index (κ1) is 13.8.